The van der Waals surface area contributed by atoms with Crippen molar-refractivity contribution in [2.24, 2.45) is 16.8 Å². The molecule has 6 nitrogen and oxygen atoms in total. The highest BCUT2D eigenvalue weighted by molar-refractivity contribution is 5.79. The zero-order chi connectivity index (χ0) is 18.0. The fourth-order valence-corrected chi connectivity index (χ4v) is 3.48. The standard InChI is InChI=1S/C20H38N4O2/c1-2-21-20(22-9-3-12-25-15-18-8-13-26-16-18)23-10-11-24(19-6-7-19)14-17-4-5-17/h17-19H,2-16H2,1H3,(H2,21,22,23). The lowest BCUT2D eigenvalue weighted by Gasteiger charge is -2.22. The fourth-order valence-electron chi connectivity index (χ4n) is 3.48. The molecule has 2 saturated carbocycles. The van der Waals surface area contributed by atoms with Gasteiger partial charge in [0, 0.05) is 57.9 Å². The summed E-state index contributed by atoms with van der Waals surface area (Å²) in [4.78, 5) is 7.37. The predicted octanol–water partition coefficient (Wildman–Crippen LogP) is 1.86. The van der Waals surface area contributed by atoms with Crippen molar-refractivity contribution in [3.63, 3.8) is 0 Å². The summed E-state index contributed by atoms with van der Waals surface area (Å²) in [6.45, 7) is 10.6. The van der Waals surface area contributed by atoms with Crippen LogP contribution in [0.15, 0.2) is 4.99 Å². The quantitative estimate of drug-likeness (QED) is 0.296. The zero-order valence-corrected chi connectivity index (χ0v) is 16.5. The second-order valence-corrected chi connectivity index (χ2v) is 8.02. The van der Waals surface area contributed by atoms with Crippen molar-refractivity contribution in [2.75, 3.05) is 59.2 Å². The molecule has 1 aliphatic heterocycles. The molecular formula is C20H38N4O2. The maximum absolute atomic E-state index is 5.75. The van der Waals surface area contributed by atoms with Crippen molar-refractivity contribution in [1.29, 1.82) is 0 Å². The van der Waals surface area contributed by atoms with Crippen molar-refractivity contribution in [2.45, 2.75) is 51.5 Å². The number of hydrogen-bond donors (Lipinski definition) is 2. The smallest absolute Gasteiger partial charge is 0.191 e. The highest BCUT2D eigenvalue weighted by Gasteiger charge is 2.33. The van der Waals surface area contributed by atoms with Gasteiger partial charge >= 0.3 is 0 Å². The molecular weight excluding hydrogens is 328 g/mol. The number of ether oxygens (including phenoxy) is 2. The average molecular weight is 367 g/mol. The first-order valence-corrected chi connectivity index (χ1v) is 10.8. The number of nitrogens with zero attached hydrogens (tertiary/aromatic N) is 2. The minimum absolute atomic E-state index is 0.600. The number of hydrogen-bond acceptors (Lipinski definition) is 4. The lowest BCUT2D eigenvalue weighted by Crippen LogP contribution is -2.42. The second kappa shape index (κ2) is 11.1. The number of aliphatic imine (C=N–C) groups is 1. The first-order chi connectivity index (χ1) is 12.8. The van der Waals surface area contributed by atoms with Crippen LogP contribution in [0, 0.1) is 11.8 Å². The van der Waals surface area contributed by atoms with Gasteiger partial charge in [0.05, 0.1) is 13.2 Å². The van der Waals surface area contributed by atoms with Crippen LogP contribution in [0.5, 0.6) is 0 Å². The molecule has 150 valence electrons. The minimum atomic E-state index is 0.600. The lowest BCUT2D eigenvalue weighted by atomic mass is 10.1. The van der Waals surface area contributed by atoms with Crippen LogP contribution in [-0.4, -0.2) is 76.1 Å². The Morgan fingerprint density at radius 3 is 2.73 bits per heavy atom. The average Bonchev–Trinajstić information content (AvgIpc) is 3.57. The lowest BCUT2D eigenvalue weighted by molar-refractivity contribution is 0.0893. The summed E-state index contributed by atoms with van der Waals surface area (Å²) in [6.07, 6.45) is 7.79. The van der Waals surface area contributed by atoms with E-state index in [1.807, 2.05) is 0 Å². The van der Waals surface area contributed by atoms with Crippen molar-refractivity contribution >= 4 is 5.96 Å². The van der Waals surface area contributed by atoms with Crippen LogP contribution < -0.4 is 10.6 Å². The molecule has 0 aromatic carbocycles. The van der Waals surface area contributed by atoms with E-state index < -0.39 is 0 Å². The summed E-state index contributed by atoms with van der Waals surface area (Å²) >= 11 is 0. The fraction of sp³-hybridized carbons (Fsp3) is 0.950. The van der Waals surface area contributed by atoms with Crippen LogP contribution in [0.25, 0.3) is 0 Å². The number of rotatable bonds is 13. The van der Waals surface area contributed by atoms with Crippen LogP contribution in [0.4, 0.5) is 0 Å². The predicted molar refractivity (Wildman–Crippen MR) is 106 cm³/mol. The first-order valence-electron chi connectivity index (χ1n) is 10.8. The normalized spacial score (nSPS) is 23.6. The molecule has 0 amide bonds. The Balaban J connectivity index is 1.26. The van der Waals surface area contributed by atoms with Gasteiger partial charge in [-0.1, -0.05) is 0 Å². The van der Waals surface area contributed by atoms with Gasteiger partial charge in [-0.25, -0.2) is 0 Å². The van der Waals surface area contributed by atoms with E-state index in [4.69, 9.17) is 9.47 Å². The molecule has 0 bridgehead atoms. The summed E-state index contributed by atoms with van der Waals surface area (Å²) in [6, 6.07) is 0.860. The molecule has 0 aromatic heterocycles. The van der Waals surface area contributed by atoms with Gasteiger partial charge in [0.2, 0.25) is 0 Å². The van der Waals surface area contributed by atoms with Crippen LogP contribution in [0.3, 0.4) is 0 Å². The molecule has 1 unspecified atom stereocenters. The Morgan fingerprint density at radius 2 is 2.04 bits per heavy atom. The van der Waals surface area contributed by atoms with Crippen LogP contribution in [0.2, 0.25) is 0 Å². The van der Waals surface area contributed by atoms with Crippen molar-refractivity contribution in [3.8, 4) is 0 Å². The van der Waals surface area contributed by atoms with Crippen LogP contribution >= 0.6 is 0 Å². The summed E-state index contributed by atoms with van der Waals surface area (Å²) < 4.78 is 11.1. The van der Waals surface area contributed by atoms with E-state index in [1.165, 1.54) is 32.2 Å². The molecule has 1 atom stereocenters. The SMILES string of the molecule is CCNC(=NCCCOCC1CCOC1)NCCN(CC1CC1)C1CC1. The topological polar surface area (TPSA) is 58.1 Å². The zero-order valence-electron chi connectivity index (χ0n) is 16.5. The third-order valence-corrected chi connectivity index (χ3v) is 5.38. The third kappa shape index (κ3) is 7.80. The molecule has 3 rings (SSSR count). The maximum atomic E-state index is 5.75. The van der Waals surface area contributed by atoms with E-state index >= 15 is 0 Å². The van der Waals surface area contributed by atoms with Gasteiger partial charge in [0.1, 0.15) is 0 Å². The molecule has 0 radical (unpaired) electrons. The minimum Gasteiger partial charge on any atom is -0.381 e. The number of nitrogens with one attached hydrogen (secondary N) is 2. The number of guanidine groups is 1. The van der Waals surface area contributed by atoms with Crippen molar-refractivity contribution in [1.82, 2.24) is 15.5 Å². The van der Waals surface area contributed by atoms with Crippen LogP contribution in [0.1, 0.15) is 45.4 Å². The van der Waals surface area contributed by atoms with E-state index in [0.29, 0.717) is 5.92 Å². The Morgan fingerprint density at radius 1 is 1.15 bits per heavy atom. The van der Waals surface area contributed by atoms with Gasteiger partial charge in [-0.15, -0.1) is 0 Å². The molecule has 2 aliphatic carbocycles. The Bertz CT molecular complexity index is 418. The highest BCUT2D eigenvalue weighted by atomic mass is 16.5. The monoisotopic (exact) mass is 366 g/mol. The summed E-state index contributed by atoms with van der Waals surface area (Å²) in [5.41, 5.74) is 0. The Kier molecular flexibility index (Phi) is 8.49. The summed E-state index contributed by atoms with van der Waals surface area (Å²) in [5, 5.41) is 6.86. The van der Waals surface area contributed by atoms with E-state index in [9.17, 15) is 0 Å². The molecule has 1 heterocycles. The van der Waals surface area contributed by atoms with Gasteiger partial charge in [-0.2, -0.15) is 0 Å². The summed E-state index contributed by atoms with van der Waals surface area (Å²) in [7, 11) is 0. The van der Waals surface area contributed by atoms with Gasteiger partial charge in [-0.3, -0.25) is 9.89 Å². The van der Waals surface area contributed by atoms with Gasteiger partial charge in [0.25, 0.3) is 0 Å². The highest BCUT2D eigenvalue weighted by Crippen LogP contribution is 2.34. The van der Waals surface area contributed by atoms with Crippen molar-refractivity contribution in [3.05, 3.63) is 0 Å². The largest absolute Gasteiger partial charge is 0.381 e. The van der Waals surface area contributed by atoms with Crippen molar-refractivity contribution < 1.29 is 9.47 Å². The molecule has 0 spiro atoms. The van der Waals surface area contributed by atoms with E-state index in [-0.39, 0.29) is 0 Å². The third-order valence-electron chi connectivity index (χ3n) is 5.38. The van der Waals surface area contributed by atoms with E-state index in [1.54, 1.807) is 0 Å². The Labute approximate surface area is 159 Å². The second-order valence-electron chi connectivity index (χ2n) is 8.02. The van der Waals surface area contributed by atoms with Gasteiger partial charge in [-0.05, 0) is 51.4 Å². The molecule has 0 aromatic rings. The molecule has 3 fully saturated rings. The van der Waals surface area contributed by atoms with Crippen LogP contribution in [-0.2, 0) is 9.47 Å². The van der Waals surface area contributed by atoms with E-state index in [0.717, 1.165) is 83.4 Å². The van der Waals surface area contributed by atoms with E-state index in [2.05, 4.69) is 27.4 Å². The molecule has 26 heavy (non-hydrogen) atoms. The van der Waals surface area contributed by atoms with Gasteiger partial charge < -0.3 is 20.1 Å². The molecule has 6 heteroatoms. The first kappa shape index (κ1) is 19.9. The molecule has 3 aliphatic rings. The van der Waals surface area contributed by atoms with Gasteiger partial charge in [0.15, 0.2) is 5.96 Å². The molecule has 1 saturated heterocycles. The summed E-state index contributed by atoms with van der Waals surface area (Å²) in [5.74, 6) is 2.52. The maximum Gasteiger partial charge on any atom is 0.191 e. The Hall–Kier alpha value is -0.850. The molecule has 2 N–H and O–H groups in total.